The van der Waals surface area contributed by atoms with Gasteiger partial charge in [-0.3, -0.25) is 9.59 Å². The van der Waals surface area contributed by atoms with Gasteiger partial charge in [-0.15, -0.1) is 0 Å². The quantitative estimate of drug-likeness (QED) is 0.164. The first-order valence-corrected chi connectivity index (χ1v) is 14.2. The lowest BCUT2D eigenvalue weighted by molar-refractivity contribution is -0.144. The highest BCUT2D eigenvalue weighted by Gasteiger charge is 2.14. The van der Waals surface area contributed by atoms with E-state index in [1.165, 1.54) is 33.4 Å². The Kier molecular flexibility index (Phi) is 10.7. The summed E-state index contributed by atoms with van der Waals surface area (Å²) in [7, 11) is 0. The minimum Gasteiger partial charge on any atom is -0.466 e. The monoisotopic (exact) mass is 534 g/mol. The number of carbonyl (C=O) groups excluding carboxylic acids is 2. The molecule has 0 N–H and O–H groups in total. The maximum Gasteiger partial charge on any atom is 0.306 e. The lowest BCUT2D eigenvalue weighted by atomic mass is 9.88. The van der Waals surface area contributed by atoms with E-state index in [1.807, 2.05) is 26.0 Å². The summed E-state index contributed by atoms with van der Waals surface area (Å²) in [6, 6.07) is 33.8. The largest absolute Gasteiger partial charge is 0.466 e. The topological polar surface area (TPSA) is 52.6 Å². The molecule has 0 bridgehead atoms. The molecule has 0 aromatic heterocycles. The maximum atomic E-state index is 12.0. The zero-order valence-corrected chi connectivity index (χ0v) is 23.5. The third kappa shape index (κ3) is 7.69. The fraction of sp³-hybridized carbons (Fsp3) is 0.278. The zero-order valence-electron chi connectivity index (χ0n) is 23.5. The Morgan fingerprint density at radius 3 is 1.02 bits per heavy atom. The highest BCUT2D eigenvalue weighted by molar-refractivity contribution is 5.75. The number of hydrogen-bond donors (Lipinski definition) is 0. The molecule has 4 rings (SSSR count). The van der Waals surface area contributed by atoms with Crippen LogP contribution in [0.15, 0.2) is 97.1 Å². The van der Waals surface area contributed by atoms with Crippen LogP contribution in [0.2, 0.25) is 0 Å². The number of rotatable bonds is 13. The van der Waals surface area contributed by atoms with Crippen LogP contribution in [-0.2, 0) is 44.7 Å². The number of benzene rings is 4. The predicted octanol–water partition coefficient (Wildman–Crippen LogP) is 7.80. The summed E-state index contributed by atoms with van der Waals surface area (Å²) in [6.45, 7) is 4.48. The van der Waals surface area contributed by atoms with Crippen LogP contribution < -0.4 is 0 Å². The average molecular weight is 535 g/mol. The van der Waals surface area contributed by atoms with Gasteiger partial charge in [0.05, 0.1) is 13.2 Å². The van der Waals surface area contributed by atoms with Crippen molar-refractivity contribution in [3.05, 3.63) is 119 Å². The fourth-order valence-corrected chi connectivity index (χ4v) is 5.21. The average Bonchev–Trinajstić information content (AvgIpc) is 2.99. The van der Waals surface area contributed by atoms with Gasteiger partial charge < -0.3 is 9.47 Å². The third-order valence-electron chi connectivity index (χ3n) is 7.12. The van der Waals surface area contributed by atoms with Crippen LogP contribution in [-0.4, -0.2) is 25.2 Å². The van der Waals surface area contributed by atoms with E-state index in [0.29, 0.717) is 38.9 Å². The van der Waals surface area contributed by atoms with Crippen LogP contribution in [0.5, 0.6) is 0 Å². The van der Waals surface area contributed by atoms with Crippen molar-refractivity contribution in [2.45, 2.75) is 52.4 Å². The molecule has 0 saturated carbocycles. The molecule has 0 aliphatic carbocycles. The number of esters is 2. The second-order valence-corrected chi connectivity index (χ2v) is 9.74. The van der Waals surface area contributed by atoms with Crippen LogP contribution in [0.25, 0.3) is 22.3 Å². The molecule has 4 nitrogen and oxygen atoms in total. The molecule has 0 unspecified atom stereocenters. The first-order valence-electron chi connectivity index (χ1n) is 14.2. The smallest absolute Gasteiger partial charge is 0.306 e. The van der Waals surface area contributed by atoms with Crippen molar-refractivity contribution >= 4 is 11.9 Å². The Balaban J connectivity index is 1.57. The Morgan fingerprint density at radius 2 is 0.725 bits per heavy atom. The predicted molar refractivity (Wildman–Crippen MR) is 161 cm³/mol. The molecule has 0 atom stereocenters. The number of ether oxygens (including phenoxy) is 2. The molecule has 0 fully saturated rings. The van der Waals surface area contributed by atoms with Crippen LogP contribution in [0.1, 0.15) is 48.9 Å². The fourth-order valence-electron chi connectivity index (χ4n) is 5.21. The van der Waals surface area contributed by atoms with Gasteiger partial charge >= 0.3 is 11.9 Å². The van der Waals surface area contributed by atoms with E-state index >= 15 is 0 Å². The molecule has 0 amide bonds. The number of carbonyl (C=O) groups is 2. The van der Waals surface area contributed by atoms with Crippen LogP contribution in [0.4, 0.5) is 0 Å². The summed E-state index contributed by atoms with van der Waals surface area (Å²) in [5, 5.41) is 0. The molecular weight excluding hydrogens is 496 g/mol. The second kappa shape index (κ2) is 14.8. The molecule has 40 heavy (non-hydrogen) atoms. The van der Waals surface area contributed by atoms with Crippen molar-refractivity contribution in [2.24, 2.45) is 0 Å². The van der Waals surface area contributed by atoms with E-state index in [-0.39, 0.29) is 11.9 Å². The van der Waals surface area contributed by atoms with Gasteiger partial charge in [0.25, 0.3) is 0 Å². The normalized spacial score (nSPS) is 10.8. The van der Waals surface area contributed by atoms with Crippen molar-refractivity contribution < 1.29 is 19.1 Å². The molecule has 4 aromatic rings. The summed E-state index contributed by atoms with van der Waals surface area (Å²) in [5.74, 6) is -0.325. The Bertz CT molecular complexity index is 1310. The van der Waals surface area contributed by atoms with Crippen molar-refractivity contribution in [2.75, 3.05) is 13.2 Å². The van der Waals surface area contributed by atoms with E-state index in [1.54, 1.807) is 0 Å². The molecule has 0 heterocycles. The molecule has 4 heteroatoms. The third-order valence-corrected chi connectivity index (χ3v) is 7.12. The van der Waals surface area contributed by atoms with Gasteiger partial charge in [-0.25, -0.2) is 0 Å². The molecule has 0 aliphatic heterocycles. The molecule has 0 saturated heterocycles. The Hall–Kier alpha value is -4.18. The highest BCUT2D eigenvalue weighted by atomic mass is 16.5. The minimum absolute atomic E-state index is 0.162. The molecular formula is C36H38O4. The van der Waals surface area contributed by atoms with Gasteiger partial charge in [0, 0.05) is 12.8 Å². The molecule has 4 aromatic carbocycles. The summed E-state index contributed by atoms with van der Waals surface area (Å²) in [6.07, 6.45) is 3.80. The first-order chi connectivity index (χ1) is 19.6. The van der Waals surface area contributed by atoms with Crippen molar-refractivity contribution in [1.29, 1.82) is 0 Å². The SMILES string of the molecule is CCOC(=O)CCc1ccccc1-c1ccccc1CCc1ccccc1-c1ccccc1CCC(=O)OCC. The summed E-state index contributed by atoms with van der Waals surface area (Å²) in [4.78, 5) is 24.0. The number of aryl methyl sites for hydroxylation is 4. The van der Waals surface area contributed by atoms with E-state index in [9.17, 15) is 9.59 Å². The van der Waals surface area contributed by atoms with E-state index in [4.69, 9.17) is 9.47 Å². The van der Waals surface area contributed by atoms with Gasteiger partial charge in [-0.2, -0.15) is 0 Å². The minimum atomic E-state index is -0.162. The number of hydrogen-bond acceptors (Lipinski definition) is 4. The van der Waals surface area contributed by atoms with Gasteiger partial charge in [0.1, 0.15) is 0 Å². The lowest BCUT2D eigenvalue weighted by Crippen LogP contribution is -2.06. The summed E-state index contributed by atoms with van der Waals surface area (Å²) in [5.41, 5.74) is 9.59. The van der Waals surface area contributed by atoms with Crippen molar-refractivity contribution in [3.8, 4) is 22.3 Å². The molecule has 0 radical (unpaired) electrons. The van der Waals surface area contributed by atoms with Crippen LogP contribution in [0.3, 0.4) is 0 Å². The lowest BCUT2D eigenvalue weighted by Gasteiger charge is -2.16. The highest BCUT2D eigenvalue weighted by Crippen LogP contribution is 2.32. The Morgan fingerprint density at radius 1 is 0.450 bits per heavy atom. The van der Waals surface area contributed by atoms with Crippen molar-refractivity contribution in [3.63, 3.8) is 0 Å². The van der Waals surface area contributed by atoms with Crippen LogP contribution >= 0.6 is 0 Å². The molecule has 206 valence electrons. The second-order valence-electron chi connectivity index (χ2n) is 9.74. The summed E-state index contributed by atoms with van der Waals surface area (Å²) >= 11 is 0. The first kappa shape index (κ1) is 28.8. The maximum absolute atomic E-state index is 12.0. The molecule has 0 spiro atoms. The molecule has 0 aliphatic rings. The van der Waals surface area contributed by atoms with E-state index < -0.39 is 0 Å². The van der Waals surface area contributed by atoms with Gasteiger partial charge in [-0.1, -0.05) is 97.1 Å². The standard InChI is InChI=1S/C36H38O4/c1-3-39-35(37)25-23-29-15-7-11-19-33(29)31-17-9-5-13-27(31)21-22-28-14-6-10-18-32(28)34-20-12-8-16-30(34)24-26-36(38)40-4-2/h5-20H,3-4,21-26H2,1-2H3. The van der Waals surface area contributed by atoms with Crippen LogP contribution in [0, 0.1) is 0 Å². The van der Waals surface area contributed by atoms with Crippen molar-refractivity contribution in [1.82, 2.24) is 0 Å². The Labute approximate surface area is 238 Å². The zero-order chi connectivity index (χ0) is 28.2. The van der Waals surface area contributed by atoms with E-state index in [0.717, 1.165) is 24.0 Å². The van der Waals surface area contributed by atoms with Gasteiger partial charge in [-0.05, 0) is 84.0 Å². The summed E-state index contributed by atoms with van der Waals surface area (Å²) < 4.78 is 10.3. The van der Waals surface area contributed by atoms with Gasteiger partial charge in [0.2, 0.25) is 0 Å². The van der Waals surface area contributed by atoms with Gasteiger partial charge in [0.15, 0.2) is 0 Å². The van der Waals surface area contributed by atoms with E-state index in [2.05, 4.69) is 84.9 Å².